The third-order valence-electron chi connectivity index (χ3n) is 3.46. The number of nitrogens with one attached hydrogen (secondary N) is 1. The van der Waals surface area contributed by atoms with Crippen LogP contribution in [-0.4, -0.2) is 40.7 Å². The number of aromatic nitrogens is 2. The molecule has 6 heteroatoms. The zero-order valence-electron chi connectivity index (χ0n) is 11.7. The van der Waals surface area contributed by atoms with Crippen LogP contribution in [-0.2, 0) is 16.6 Å². The van der Waals surface area contributed by atoms with Gasteiger partial charge in [-0.1, -0.05) is 6.92 Å². The average Bonchev–Trinajstić information content (AvgIpc) is 3.17. The number of aryl methyl sites for hydroxylation is 1. The van der Waals surface area contributed by atoms with Gasteiger partial charge in [0.05, 0.1) is 13.3 Å². The largest absolute Gasteiger partial charge is 0.468 e. The quantitative estimate of drug-likeness (QED) is 0.606. The molecule has 1 fully saturated rings. The molecule has 1 unspecified atom stereocenters. The highest BCUT2D eigenvalue weighted by molar-refractivity contribution is 7.99. The third-order valence-corrected chi connectivity index (χ3v) is 4.61. The smallest absolute Gasteiger partial charge is 0.327 e. The van der Waals surface area contributed by atoms with Crippen LogP contribution < -0.4 is 5.32 Å². The molecule has 0 radical (unpaired) electrons. The second kappa shape index (κ2) is 5.96. The highest BCUT2D eigenvalue weighted by atomic mass is 32.2. The number of thioether (sulfide) groups is 1. The molecule has 1 heterocycles. The Bertz CT molecular complexity index is 445. The second-order valence-corrected chi connectivity index (χ2v) is 5.95. The summed E-state index contributed by atoms with van der Waals surface area (Å²) in [5, 5.41) is 7.51. The van der Waals surface area contributed by atoms with Crippen LogP contribution >= 0.6 is 11.8 Å². The standard InChI is InChI=1S/C13H21N3O2S/c1-4-14-13(10-5-6-10,12(17)18-3)9-19-11-7-15-16(2)8-11/h7-8,10,14H,4-6,9H2,1-3H3. The van der Waals surface area contributed by atoms with Crippen LogP contribution in [0.5, 0.6) is 0 Å². The van der Waals surface area contributed by atoms with Crippen molar-refractivity contribution in [2.24, 2.45) is 13.0 Å². The summed E-state index contributed by atoms with van der Waals surface area (Å²) < 4.78 is 6.80. The summed E-state index contributed by atoms with van der Waals surface area (Å²) in [6, 6.07) is 0. The topological polar surface area (TPSA) is 56.2 Å². The number of likely N-dealkylation sites (N-methyl/N-ethyl adjacent to an activating group) is 1. The molecular formula is C13H21N3O2S. The molecule has 1 N–H and O–H groups in total. The van der Waals surface area contributed by atoms with Crippen molar-refractivity contribution in [3.05, 3.63) is 12.4 Å². The number of hydrogen-bond donors (Lipinski definition) is 1. The van der Waals surface area contributed by atoms with Crippen molar-refractivity contribution >= 4 is 17.7 Å². The Morgan fingerprint density at radius 1 is 1.68 bits per heavy atom. The van der Waals surface area contributed by atoms with Gasteiger partial charge in [0.25, 0.3) is 0 Å². The third kappa shape index (κ3) is 3.12. The Kier molecular flexibility index (Phi) is 4.52. The maximum Gasteiger partial charge on any atom is 0.327 e. The first-order chi connectivity index (χ1) is 9.12. The van der Waals surface area contributed by atoms with Gasteiger partial charge in [0.2, 0.25) is 0 Å². The van der Waals surface area contributed by atoms with Crippen molar-refractivity contribution in [1.82, 2.24) is 15.1 Å². The molecule has 0 bridgehead atoms. The zero-order chi connectivity index (χ0) is 13.9. The number of nitrogens with zero attached hydrogens (tertiary/aromatic N) is 2. The number of carbonyl (C=O) groups excluding carboxylic acids is 1. The summed E-state index contributed by atoms with van der Waals surface area (Å²) in [5.41, 5.74) is -0.552. The number of ether oxygens (including phenoxy) is 1. The van der Waals surface area contributed by atoms with E-state index in [9.17, 15) is 4.79 Å². The van der Waals surface area contributed by atoms with Gasteiger partial charge in [-0.2, -0.15) is 5.10 Å². The average molecular weight is 283 g/mol. The Hall–Kier alpha value is -1.01. The maximum atomic E-state index is 12.2. The fourth-order valence-electron chi connectivity index (χ4n) is 2.36. The number of hydrogen-bond acceptors (Lipinski definition) is 5. The fraction of sp³-hybridized carbons (Fsp3) is 0.692. The minimum absolute atomic E-state index is 0.145. The molecule has 1 aliphatic rings. The molecule has 0 aliphatic heterocycles. The maximum absolute atomic E-state index is 12.2. The molecule has 0 aromatic carbocycles. The van der Waals surface area contributed by atoms with E-state index in [-0.39, 0.29) is 5.97 Å². The van der Waals surface area contributed by atoms with E-state index in [1.54, 1.807) is 16.4 Å². The molecule has 1 aliphatic carbocycles. The molecule has 1 atom stereocenters. The van der Waals surface area contributed by atoms with Crippen molar-refractivity contribution in [3.8, 4) is 0 Å². The van der Waals surface area contributed by atoms with Gasteiger partial charge >= 0.3 is 5.97 Å². The minimum Gasteiger partial charge on any atom is -0.468 e. The summed E-state index contributed by atoms with van der Waals surface area (Å²) in [6.45, 7) is 2.79. The summed E-state index contributed by atoms with van der Waals surface area (Å²) in [5.74, 6) is 0.932. The van der Waals surface area contributed by atoms with E-state index in [0.29, 0.717) is 11.7 Å². The summed E-state index contributed by atoms with van der Waals surface area (Å²) >= 11 is 1.65. The van der Waals surface area contributed by atoms with Crippen LogP contribution in [0.15, 0.2) is 17.3 Å². The molecule has 19 heavy (non-hydrogen) atoms. The minimum atomic E-state index is -0.552. The van der Waals surface area contributed by atoms with E-state index >= 15 is 0 Å². The van der Waals surface area contributed by atoms with Crippen molar-refractivity contribution in [1.29, 1.82) is 0 Å². The van der Waals surface area contributed by atoms with Gasteiger partial charge in [0.15, 0.2) is 0 Å². The SMILES string of the molecule is CCNC(CSc1cnn(C)c1)(C(=O)OC)C1CC1. The first-order valence-electron chi connectivity index (χ1n) is 6.57. The molecule has 1 saturated carbocycles. The van der Waals surface area contributed by atoms with E-state index in [0.717, 1.165) is 24.3 Å². The lowest BCUT2D eigenvalue weighted by Crippen LogP contribution is -2.56. The van der Waals surface area contributed by atoms with Crippen molar-refractivity contribution in [2.45, 2.75) is 30.2 Å². The lowest BCUT2D eigenvalue weighted by atomic mass is 9.95. The van der Waals surface area contributed by atoms with E-state index in [1.165, 1.54) is 7.11 Å². The summed E-state index contributed by atoms with van der Waals surface area (Å²) in [6.07, 6.45) is 5.97. The van der Waals surface area contributed by atoms with Gasteiger partial charge in [-0.3, -0.25) is 9.48 Å². The lowest BCUT2D eigenvalue weighted by Gasteiger charge is -2.31. The van der Waals surface area contributed by atoms with Crippen molar-refractivity contribution in [3.63, 3.8) is 0 Å². The lowest BCUT2D eigenvalue weighted by molar-refractivity contribution is -0.148. The van der Waals surface area contributed by atoms with E-state index in [4.69, 9.17) is 4.74 Å². The highest BCUT2D eigenvalue weighted by Gasteiger charge is 2.51. The predicted octanol–water partition coefficient (Wildman–Crippen LogP) is 1.44. The molecule has 5 nitrogen and oxygen atoms in total. The van der Waals surface area contributed by atoms with Gasteiger partial charge in [0.1, 0.15) is 5.54 Å². The number of methoxy groups -OCH3 is 1. The van der Waals surface area contributed by atoms with Gasteiger partial charge in [0, 0.05) is 23.9 Å². The first-order valence-corrected chi connectivity index (χ1v) is 7.56. The monoisotopic (exact) mass is 283 g/mol. The van der Waals surface area contributed by atoms with Gasteiger partial charge in [-0.05, 0) is 25.3 Å². The van der Waals surface area contributed by atoms with E-state index in [2.05, 4.69) is 10.4 Å². The van der Waals surface area contributed by atoms with Crippen LogP contribution in [0, 0.1) is 5.92 Å². The van der Waals surface area contributed by atoms with Gasteiger partial charge in [-0.15, -0.1) is 11.8 Å². The Morgan fingerprint density at radius 2 is 2.42 bits per heavy atom. The van der Waals surface area contributed by atoms with Gasteiger partial charge < -0.3 is 10.1 Å². The summed E-state index contributed by atoms with van der Waals surface area (Å²) in [7, 11) is 3.36. The number of rotatable bonds is 7. The van der Waals surface area contributed by atoms with Crippen LogP contribution in [0.2, 0.25) is 0 Å². The second-order valence-electron chi connectivity index (χ2n) is 4.91. The molecule has 0 amide bonds. The molecule has 2 rings (SSSR count). The van der Waals surface area contributed by atoms with Crippen LogP contribution in [0.3, 0.4) is 0 Å². The van der Waals surface area contributed by atoms with Gasteiger partial charge in [-0.25, -0.2) is 0 Å². The summed E-state index contributed by atoms with van der Waals surface area (Å²) in [4.78, 5) is 13.3. The molecule has 106 valence electrons. The Labute approximate surface area is 118 Å². The molecule has 1 aromatic heterocycles. The van der Waals surface area contributed by atoms with Crippen LogP contribution in [0.25, 0.3) is 0 Å². The van der Waals surface area contributed by atoms with E-state index in [1.807, 2.05) is 26.4 Å². The van der Waals surface area contributed by atoms with E-state index < -0.39 is 5.54 Å². The molecular weight excluding hydrogens is 262 g/mol. The Balaban J connectivity index is 2.10. The van der Waals surface area contributed by atoms with Crippen LogP contribution in [0.4, 0.5) is 0 Å². The Morgan fingerprint density at radius 3 is 2.89 bits per heavy atom. The normalized spacial score (nSPS) is 18.1. The molecule has 0 spiro atoms. The first kappa shape index (κ1) is 14.4. The number of esters is 1. The zero-order valence-corrected chi connectivity index (χ0v) is 12.5. The fourth-order valence-corrected chi connectivity index (χ4v) is 3.55. The predicted molar refractivity (Wildman–Crippen MR) is 75.1 cm³/mol. The highest BCUT2D eigenvalue weighted by Crippen LogP contribution is 2.43. The molecule has 1 aromatic rings. The number of carbonyl (C=O) groups is 1. The van der Waals surface area contributed by atoms with Crippen molar-refractivity contribution in [2.75, 3.05) is 19.4 Å². The van der Waals surface area contributed by atoms with Crippen molar-refractivity contribution < 1.29 is 9.53 Å². The molecule has 0 saturated heterocycles. The van der Waals surface area contributed by atoms with Crippen LogP contribution in [0.1, 0.15) is 19.8 Å².